The average molecular weight is 398 g/mol. The Morgan fingerprint density at radius 3 is 2.62 bits per heavy atom. The van der Waals surface area contributed by atoms with E-state index in [1.54, 1.807) is 11.4 Å². The van der Waals surface area contributed by atoms with E-state index in [0.717, 1.165) is 35.6 Å². The fourth-order valence-corrected chi connectivity index (χ4v) is 3.50. The van der Waals surface area contributed by atoms with Crippen LogP contribution < -0.4 is 15.5 Å². The number of nitrogens with two attached hydrogens (primary N) is 1. The van der Waals surface area contributed by atoms with Gasteiger partial charge in [0.25, 0.3) is 5.91 Å². The molecule has 0 radical (unpaired) electrons. The topological polar surface area (TPSA) is 89.0 Å². The minimum atomic E-state index is -0.797. The van der Waals surface area contributed by atoms with Gasteiger partial charge in [-0.15, -0.1) is 5.10 Å². The van der Waals surface area contributed by atoms with Gasteiger partial charge in [-0.1, -0.05) is 0 Å². The lowest BCUT2D eigenvalue weighted by atomic mass is 9.98. The molecule has 9 heteroatoms. The summed E-state index contributed by atoms with van der Waals surface area (Å²) >= 11 is 0. The van der Waals surface area contributed by atoms with Crippen LogP contribution in [-0.2, 0) is 4.74 Å². The Balaban J connectivity index is 1.93. The molecule has 8 nitrogen and oxygen atoms in total. The van der Waals surface area contributed by atoms with E-state index in [4.69, 9.17) is 10.5 Å². The van der Waals surface area contributed by atoms with Gasteiger partial charge in [-0.2, -0.15) is 4.98 Å². The predicted molar refractivity (Wildman–Crippen MR) is 109 cm³/mol. The lowest BCUT2D eigenvalue weighted by molar-refractivity contribution is 0.0996. The summed E-state index contributed by atoms with van der Waals surface area (Å²) in [6.45, 7) is 4.53. The monoisotopic (exact) mass is 398 g/mol. The molecule has 1 aromatic carbocycles. The zero-order valence-corrected chi connectivity index (χ0v) is 16.6. The van der Waals surface area contributed by atoms with Gasteiger partial charge in [-0.25, -0.2) is 8.91 Å². The summed E-state index contributed by atoms with van der Waals surface area (Å²) in [5.74, 6) is -0.830. The number of aryl methyl sites for hydroxylation is 1. The Labute approximate surface area is 167 Å². The first-order valence-electron chi connectivity index (χ1n) is 9.36. The van der Waals surface area contributed by atoms with Crippen LogP contribution in [0, 0.1) is 12.7 Å². The number of hydrogen-bond acceptors (Lipinski definition) is 6. The number of rotatable bonds is 4. The van der Waals surface area contributed by atoms with Crippen molar-refractivity contribution in [3.8, 4) is 11.1 Å². The summed E-state index contributed by atoms with van der Waals surface area (Å²) < 4.78 is 21.4. The third kappa shape index (κ3) is 3.49. The molecule has 0 aliphatic carbocycles. The number of ether oxygens (including phenoxy) is 1. The number of primary amides is 1. The number of aromatic nitrogens is 3. The second kappa shape index (κ2) is 7.32. The maximum atomic E-state index is 14.2. The van der Waals surface area contributed by atoms with Crippen LogP contribution in [-0.4, -0.2) is 60.9 Å². The summed E-state index contributed by atoms with van der Waals surface area (Å²) in [5.41, 5.74) is 9.08. The molecule has 1 aliphatic heterocycles. The fraction of sp³-hybridized carbons (Fsp3) is 0.350. The Kier molecular flexibility index (Phi) is 4.83. The summed E-state index contributed by atoms with van der Waals surface area (Å²) in [5, 5.41) is 4.57. The number of carbonyl (C=O) groups excluding carboxylic acids is 1. The number of amides is 1. The van der Waals surface area contributed by atoms with Crippen molar-refractivity contribution < 1.29 is 13.9 Å². The largest absolute Gasteiger partial charge is 0.378 e. The van der Waals surface area contributed by atoms with Gasteiger partial charge in [0.2, 0.25) is 5.95 Å². The molecule has 1 amide bonds. The highest BCUT2D eigenvalue weighted by Crippen LogP contribution is 2.32. The molecular formula is C20H23FN6O2. The minimum Gasteiger partial charge on any atom is -0.378 e. The smallest absolute Gasteiger partial charge is 0.251 e. The highest BCUT2D eigenvalue weighted by Gasteiger charge is 2.21. The molecule has 4 rings (SSSR count). The molecule has 0 spiro atoms. The van der Waals surface area contributed by atoms with Crippen LogP contribution >= 0.6 is 0 Å². The molecule has 3 aromatic rings. The standard InChI is InChI=1S/C20H23FN6O2/c1-12-8-16(21)15(18(22)28)10-14(12)13-9-17(26-4-6-29-7-5-26)19-23-20(25(2)3)24-27(19)11-13/h8-11H,4-7H2,1-3H3,(H2,22,28). The van der Waals surface area contributed by atoms with Crippen LogP contribution in [0.5, 0.6) is 0 Å². The van der Waals surface area contributed by atoms with E-state index >= 15 is 0 Å². The number of anilines is 2. The van der Waals surface area contributed by atoms with Crippen LogP contribution in [0.1, 0.15) is 15.9 Å². The van der Waals surface area contributed by atoms with Crippen molar-refractivity contribution in [3.05, 3.63) is 41.3 Å². The Morgan fingerprint density at radius 2 is 1.97 bits per heavy atom. The van der Waals surface area contributed by atoms with Crippen molar-refractivity contribution in [1.82, 2.24) is 14.6 Å². The number of carbonyl (C=O) groups is 1. The Morgan fingerprint density at radius 1 is 1.24 bits per heavy atom. The maximum absolute atomic E-state index is 14.2. The van der Waals surface area contributed by atoms with Crippen LogP contribution in [0.25, 0.3) is 16.8 Å². The number of halogens is 1. The van der Waals surface area contributed by atoms with Crippen molar-refractivity contribution in [3.63, 3.8) is 0 Å². The van der Waals surface area contributed by atoms with E-state index in [0.29, 0.717) is 24.7 Å². The predicted octanol–water partition coefficient (Wildman–Crippen LogP) is 1.85. The molecule has 3 heterocycles. The lowest BCUT2D eigenvalue weighted by Gasteiger charge is -2.29. The van der Waals surface area contributed by atoms with Gasteiger partial charge in [-0.05, 0) is 36.2 Å². The average Bonchev–Trinajstić information content (AvgIpc) is 3.12. The lowest BCUT2D eigenvalue weighted by Crippen LogP contribution is -2.36. The Hall–Kier alpha value is -3.20. The van der Waals surface area contributed by atoms with Crippen LogP contribution in [0.3, 0.4) is 0 Å². The van der Waals surface area contributed by atoms with Gasteiger partial charge in [-0.3, -0.25) is 4.79 Å². The van der Waals surface area contributed by atoms with Gasteiger partial charge >= 0.3 is 0 Å². The molecule has 0 unspecified atom stereocenters. The summed E-state index contributed by atoms with van der Waals surface area (Å²) in [6, 6.07) is 4.83. The zero-order valence-electron chi connectivity index (χ0n) is 16.6. The summed E-state index contributed by atoms with van der Waals surface area (Å²) in [7, 11) is 3.76. The normalized spacial score (nSPS) is 14.4. The maximum Gasteiger partial charge on any atom is 0.251 e. The van der Waals surface area contributed by atoms with Crippen LogP contribution in [0.2, 0.25) is 0 Å². The molecule has 1 aliphatic rings. The second-order valence-corrected chi connectivity index (χ2v) is 7.30. The van der Waals surface area contributed by atoms with Crippen molar-refractivity contribution in [1.29, 1.82) is 0 Å². The summed E-state index contributed by atoms with van der Waals surface area (Å²) in [4.78, 5) is 20.4. The number of nitrogens with zero attached hydrogens (tertiary/aromatic N) is 5. The number of pyridine rings is 1. The van der Waals surface area contributed by atoms with Gasteiger partial charge in [0.15, 0.2) is 5.65 Å². The molecule has 2 aromatic heterocycles. The third-order valence-electron chi connectivity index (χ3n) is 5.05. The van der Waals surface area contributed by atoms with Crippen molar-refractivity contribution in [2.45, 2.75) is 6.92 Å². The third-order valence-corrected chi connectivity index (χ3v) is 5.05. The van der Waals surface area contributed by atoms with Crippen LogP contribution in [0.4, 0.5) is 16.0 Å². The first-order valence-corrected chi connectivity index (χ1v) is 9.36. The molecule has 152 valence electrons. The first kappa shape index (κ1) is 19.1. The molecule has 0 atom stereocenters. The molecular weight excluding hydrogens is 375 g/mol. The number of hydrogen-bond donors (Lipinski definition) is 1. The highest BCUT2D eigenvalue weighted by atomic mass is 19.1. The molecule has 2 N–H and O–H groups in total. The highest BCUT2D eigenvalue weighted by molar-refractivity contribution is 5.95. The van der Waals surface area contributed by atoms with Crippen molar-refractivity contribution >= 4 is 23.2 Å². The van der Waals surface area contributed by atoms with E-state index < -0.39 is 11.7 Å². The van der Waals surface area contributed by atoms with Crippen molar-refractivity contribution in [2.75, 3.05) is 50.2 Å². The number of benzene rings is 1. The van der Waals surface area contributed by atoms with E-state index in [1.165, 1.54) is 12.1 Å². The van der Waals surface area contributed by atoms with E-state index in [-0.39, 0.29) is 5.56 Å². The van der Waals surface area contributed by atoms with Gasteiger partial charge in [0.1, 0.15) is 5.82 Å². The van der Waals surface area contributed by atoms with Crippen molar-refractivity contribution in [2.24, 2.45) is 5.73 Å². The first-order chi connectivity index (χ1) is 13.8. The SMILES string of the molecule is Cc1cc(F)c(C(N)=O)cc1-c1cc(N2CCOCC2)c2nc(N(C)C)nn2c1. The Bertz CT molecular complexity index is 1090. The zero-order chi connectivity index (χ0) is 20.7. The van der Waals surface area contributed by atoms with Gasteiger partial charge < -0.3 is 20.3 Å². The fourth-order valence-electron chi connectivity index (χ4n) is 3.50. The number of fused-ring (bicyclic) bond motifs is 1. The quantitative estimate of drug-likeness (QED) is 0.722. The van der Waals surface area contributed by atoms with E-state index in [2.05, 4.69) is 15.0 Å². The summed E-state index contributed by atoms with van der Waals surface area (Å²) in [6.07, 6.45) is 1.84. The minimum absolute atomic E-state index is 0.133. The molecule has 1 saturated heterocycles. The molecule has 0 saturated carbocycles. The second-order valence-electron chi connectivity index (χ2n) is 7.30. The number of morpholine rings is 1. The van der Waals surface area contributed by atoms with Gasteiger partial charge in [0, 0.05) is 38.9 Å². The van der Waals surface area contributed by atoms with Crippen LogP contribution in [0.15, 0.2) is 24.4 Å². The van der Waals surface area contributed by atoms with Gasteiger partial charge in [0.05, 0.1) is 24.5 Å². The molecule has 29 heavy (non-hydrogen) atoms. The molecule has 1 fully saturated rings. The van der Waals surface area contributed by atoms with E-state index in [9.17, 15) is 9.18 Å². The molecule has 0 bridgehead atoms. The van der Waals surface area contributed by atoms with E-state index in [1.807, 2.05) is 31.3 Å².